The molecule has 86 valence electrons. The second-order valence-corrected chi connectivity index (χ2v) is 3.61. The fourth-order valence-electron chi connectivity index (χ4n) is 1.53. The van der Waals surface area contributed by atoms with Crippen LogP contribution in [0.15, 0.2) is 21.0 Å². The third-order valence-corrected chi connectivity index (χ3v) is 2.45. The van der Waals surface area contributed by atoms with Crippen LogP contribution in [0.1, 0.15) is 31.0 Å². The molecule has 5 heteroatoms. The first-order chi connectivity index (χ1) is 7.74. The Labute approximate surface area is 93.9 Å². The molecule has 0 aliphatic heterocycles. The standard InChI is InChI=1S/C11H15N3O2/c1-4-8(12-3)10-13-14-11(16-10)9-6-5-7(2)15-9/h5-6,8,12H,4H2,1-3H3. The van der Waals surface area contributed by atoms with Crippen LogP contribution >= 0.6 is 0 Å². The van der Waals surface area contributed by atoms with Gasteiger partial charge in [0.15, 0.2) is 5.76 Å². The molecule has 0 aliphatic rings. The Balaban J connectivity index is 2.25. The number of hydrogen-bond acceptors (Lipinski definition) is 5. The SMILES string of the molecule is CCC(NC)c1nnc(-c2ccc(C)o2)o1. The number of nitrogens with one attached hydrogen (secondary N) is 1. The summed E-state index contributed by atoms with van der Waals surface area (Å²) in [5.41, 5.74) is 0. The number of nitrogens with zero attached hydrogens (tertiary/aromatic N) is 2. The Morgan fingerprint density at radius 2 is 2.12 bits per heavy atom. The quantitative estimate of drug-likeness (QED) is 0.858. The summed E-state index contributed by atoms with van der Waals surface area (Å²) in [7, 11) is 1.87. The molecular formula is C11H15N3O2. The molecule has 0 saturated carbocycles. The van der Waals surface area contributed by atoms with E-state index in [0.717, 1.165) is 12.2 Å². The summed E-state index contributed by atoms with van der Waals surface area (Å²) < 4.78 is 11.0. The first-order valence-corrected chi connectivity index (χ1v) is 5.32. The Bertz CT molecular complexity index is 457. The number of aromatic nitrogens is 2. The number of furan rings is 1. The van der Waals surface area contributed by atoms with Gasteiger partial charge in [0.05, 0.1) is 6.04 Å². The van der Waals surface area contributed by atoms with Gasteiger partial charge in [0.25, 0.3) is 5.89 Å². The van der Waals surface area contributed by atoms with E-state index < -0.39 is 0 Å². The number of aryl methyl sites for hydroxylation is 1. The van der Waals surface area contributed by atoms with E-state index in [2.05, 4.69) is 22.4 Å². The van der Waals surface area contributed by atoms with Gasteiger partial charge < -0.3 is 14.2 Å². The average Bonchev–Trinajstić information content (AvgIpc) is 2.89. The molecule has 16 heavy (non-hydrogen) atoms. The maximum atomic E-state index is 5.55. The Morgan fingerprint density at radius 1 is 1.31 bits per heavy atom. The van der Waals surface area contributed by atoms with Gasteiger partial charge in [-0.3, -0.25) is 0 Å². The fourth-order valence-corrected chi connectivity index (χ4v) is 1.53. The fraction of sp³-hybridized carbons (Fsp3) is 0.455. The van der Waals surface area contributed by atoms with E-state index in [-0.39, 0.29) is 6.04 Å². The zero-order chi connectivity index (χ0) is 11.5. The van der Waals surface area contributed by atoms with E-state index in [1.165, 1.54) is 0 Å². The molecule has 0 bridgehead atoms. The van der Waals surface area contributed by atoms with Gasteiger partial charge in [0.2, 0.25) is 5.89 Å². The molecule has 0 saturated heterocycles. The number of hydrogen-bond donors (Lipinski definition) is 1. The minimum Gasteiger partial charge on any atom is -0.456 e. The van der Waals surface area contributed by atoms with E-state index in [4.69, 9.17) is 8.83 Å². The first-order valence-electron chi connectivity index (χ1n) is 5.32. The molecule has 0 spiro atoms. The predicted octanol–water partition coefficient (Wildman–Crippen LogP) is 2.31. The summed E-state index contributed by atoms with van der Waals surface area (Å²) in [6, 6.07) is 3.79. The third kappa shape index (κ3) is 1.99. The van der Waals surface area contributed by atoms with Crippen molar-refractivity contribution in [2.45, 2.75) is 26.3 Å². The lowest BCUT2D eigenvalue weighted by Gasteiger charge is -2.06. The average molecular weight is 221 g/mol. The van der Waals surface area contributed by atoms with Gasteiger partial charge in [0.1, 0.15) is 5.76 Å². The smallest absolute Gasteiger partial charge is 0.283 e. The van der Waals surface area contributed by atoms with Gasteiger partial charge in [-0.15, -0.1) is 10.2 Å². The van der Waals surface area contributed by atoms with Crippen LogP contribution in [0, 0.1) is 6.92 Å². The molecule has 2 aromatic rings. The lowest BCUT2D eigenvalue weighted by atomic mass is 10.2. The highest BCUT2D eigenvalue weighted by Gasteiger charge is 2.17. The van der Waals surface area contributed by atoms with Crippen LogP contribution in [0.3, 0.4) is 0 Å². The van der Waals surface area contributed by atoms with E-state index in [0.29, 0.717) is 17.5 Å². The van der Waals surface area contributed by atoms with Gasteiger partial charge in [0, 0.05) is 0 Å². The molecular weight excluding hydrogens is 206 g/mol. The third-order valence-electron chi connectivity index (χ3n) is 2.45. The molecule has 0 aromatic carbocycles. The van der Waals surface area contributed by atoms with Gasteiger partial charge in [-0.05, 0) is 32.5 Å². The normalized spacial score (nSPS) is 12.9. The van der Waals surface area contributed by atoms with Gasteiger partial charge in [-0.25, -0.2) is 0 Å². The molecule has 1 N–H and O–H groups in total. The van der Waals surface area contributed by atoms with Crippen molar-refractivity contribution >= 4 is 0 Å². The van der Waals surface area contributed by atoms with E-state index in [1.807, 2.05) is 26.1 Å². The maximum Gasteiger partial charge on any atom is 0.283 e. The highest BCUT2D eigenvalue weighted by molar-refractivity contribution is 5.43. The van der Waals surface area contributed by atoms with Crippen molar-refractivity contribution in [3.63, 3.8) is 0 Å². The zero-order valence-corrected chi connectivity index (χ0v) is 9.65. The maximum absolute atomic E-state index is 5.55. The summed E-state index contributed by atoms with van der Waals surface area (Å²) in [5.74, 6) is 2.46. The van der Waals surface area contributed by atoms with Crippen molar-refractivity contribution in [2.75, 3.05) is 7.05 Å². The van der Waals surface area contributed by atoms with Crippen molar-refractivity contribution in [1.82, 2.24) is 15.5 Å². The van der Waals surface area contributed by atoms with Crippen LogP contribution in [0.25, 0.3) is 11.7 Å². The van der Waals surface area contributed by atoms with Crippen LogP contribution in [0.2, 0.25) is 0 Å². The van der Waals surface area contributed by atoms with E-state index >= 15 is 0 Å². The first kappa shape index (κ1) is 10.9. The molecule has 0 fully saturated rings. The Hall–Kier alpha value is -1.62. The molecule has 1 unspecified atom stereocenters. The Morgan fingerprint density at radius 3 is 2.69 bits per heavy atom. The number of rotatable bonds is 4. The van der Waals surface area contributed by atoms with Crippen LogP contribution in [0.4, 0.5) is 0 Å². The second-order valence-electron chi connectivity index (χ2n) is 3.61. The van der Waals surface area contributed by atoms with Gasteiger partial charge in [-0.2, -0.15) is 0 Å². The minimum atomic E-state index is 0.0947. The van der Waals surface area contributed by atoms with Gasteiger partial charge >= 0.3 is 0 Å². The van der Waals surface area contributed by atoms with Crippen LogP contribution in [-0.4, -0.2) is 17.2 Å². The van der Waals surface area contributed by atoms with Crippen LogP contribution < -0.4 is 5.32 Å². The summed E-state index contributed by atoms with van der Waals surface area (Å²) in [6.45, 7) is 3.94. The van der Waals surface area contributed by atoms with Crippen molar-refractivity contribution in [2.24, 2.45) is 0 Å². The molecule has 0 aliphatic carbocycles. The summed E-state index contributed by atoms with van der Waals surface area (Å²) in [6.07, 6.45) is 0.898. The largest absolute Gasteiger partial charge is 0.456 e. The molecule has 2 aromatic heterocycles. The minimum absolute atomic E-state index is 0.0947. The lowest BCUT2D eigenvalue weighted by molar-refractivity contribution is 0.406. The van der Waals surface area contributed by atoms with Crippen molar-refractivity contribution in [3.05, 3.63) is 23.8 Å². The molecule has 5 nitrogen and oxygen atoms in total. The molecule has 2 heterocycles. The van der Waals surface area contributed by atoms with Crippen molar-refractivity contribution in [3.8, 4) is 11.7 Å². The summed E-state index contributed by atoms with van der Waals surface area (Å²) >= 11 is 0. The summed E-state index contributed by atoms with van der Waals surface area (Å²) in [5, 5.41) is 11.1. The Kier molecular flexibility index (Phi) is 3.05. The highest BCUT2D eigenvalue weighted by atomic mass is 16.4. The lowest BCUT2D eigenvalue weighted by Crippen LogP contribution is -2.15. The van der Waals surface area contributed by atoms with E-state index in [9.17, 15) is 0 Å². The van der Waals surface area contributed by atoms with E-state index in [1.54, 1.807) is 0 Å². The van der Waals surface area contributed by atoms with Crippen molar-refractivity contribution in [1.29, 1.82) is 0 Å². The molecule has 1 atom stereocenters. The summed E-state index contributed by atoms with van der Waals surface area (Å²) in [4.78, 5) is 0. The second kappa shape index (κ2) is 4.49. The zero-order valence-electron chi connectivity index (χ0n) is 9.65. The topological polar surface area (TPSA) is 64.1 Å². The highest BCUT2D eigenvalue weighted by Crippen LogP contribution is 2.23. The van der Waals surface area contributed by atoms with Crippen molar-refractivity contribution < 1.29 is 8.83 Å². The van der Waals surface area contributed by atoms with Crippen LogP contribution in [-0.2, 0) is 0 Å². The molecule has 2 rings (SSSR count). The monoisotopic (exact) mass is 221 g/mol. The molecule has 0 radical (unpaired) electrons. The predicted molar refractivity (Wildman–Crippen MR) is 58.8 cm³/mol. The van der Waals surface area contributed by atoms with Crippen LogP contribution in [0.5, 0.6) is 0 Å². The van der Waals surface area contributed by atoms with Gasteiger partial charge in [-0.1, -0.05) is 6.92 Å². The molecule has 0 amide bonds.